The number of aliphatic hydroxyl groups is 3. The molecule has 0 radical (unpaired) electrons. The molecule has 1 aliphatic rings. The van der Waals surface area contributed by atoms with Crippen molar-refractivity contribution in [3.05, 3.63) is 0 Å². The Kier molecular flexibility index (Phi) is 11.1. The van der Waals surface area contributed by atoms with Crippen LogP contribution in [0.25, 0.3) is 0 Å². The van der Waals surface area contributed by atoms with Crippen LogP contribution in [0.15, 0.2) is 0 Å². The molecule has 4 atom stereocenters. The Hall–Kier alpha value is -0.200. The van der Waals surface area contributed by atoms with E-state index < -0.39 is 18.3 Å². The Morgan fingerprint density at radius 1 is 0.727 bits per heavy atom. The summed E-state index contributed by atoms with van der Waals surface area (Å²) in [6.45, 7) is 0.933. The number of hydrogen-bond donors (Lipinski definition) is 4. The van der Waals surface area contributed by atoms with E-state index in [1.165, 1.54) is 44.9 Å². The van der Waals surface area contributed by atoms with Crippen LogP contribution in [0.2, 0.25) is 0 Å². The monoisotopic (exact) mass is 317 g/mol. The van der Waals surface area contributed by atoms with Gasteiger partial charge in [0.1, 0.15) is 18.3 Å². The number of unbranched alkanes of at least 4 members (excludes halogenated alkanes) is 9. The molecule has 1 aliphatic heterocycles. The molecule has 0 aromatic carbocycles. The summed E-state index contributed by atoms with van der Waals surface area (Å²) >= 11 is 0. The van der Waals surface area contributed by atoms with Crippen LogP contribution >= 0.6 is 0 Å². The number of rotatable bonds is 12. The average Bonchev–Trinajstić information content (AvgIpc) is 2.52. The van der Waals surface area contributed by atoms with Crippen molar-refractivity contribution in [3.8, 4) is 0 Å². The first-order valence-electron chi connectivity index (χ1n) is 9.02. The van der Waals surface area contributed by atoms with E-state index in [9.17, 15) is 15.3 Å². The summed E-state index contributed by atoms with van der Waals surface area (Å²) in [4.78, 5) is 0. The SMILES string of the molecule is NCCCCCCCCCCCCC1OC[C@@H](O)[C@@H](O)[C@H]1O. The van der Waals surface area contributed by atoms with Gasteiger partial charge in [0.15, 0.2) is 0 Å². The van der Waals surface area contributed by atoms with Crippen LogP contribution in [0.3, 0.4) is 0 Å². The van der Waals surface area contributed by atoms with Gasteiger partial charge in [-0.25, -0.2) is 0 Å². The summed E-state index contributed by atoms with van der Waals surface area (Å²) in [5.41, 5.74) is 5.46. The van der Waals surface area contributed by atoms with Gasteiger partial charge in [-0.05, 0) is 19.4 Å². The third-order valence-corrected chi connectivity index (χ3v) is 4.55. The molecule has 1 unspecified atom stereocenters. The Morgan fingerprint density at radius 3 is 1.77 bits per heavy atom. The zero-order chi connectivity index (χ0) is 16.2. The molecule has 0 amide bonds. The first kappa shape index (κ1) is 19.8. The molecule has 1 fully saturated rings. The lowest BCUT2D eigenvalue weighted by Crippen LogP contribution is -2.52. The van der Waals surface area contributed by atoms with Crippen molar-refractivity contribution in [2.75, 3.05) is 13.2 Å². The summed E-state index contributed by atoms with van der Waals surface area (Å²) in [5.74, 6) is 0. The van der Waals surface area contributed by atoms with Crippen molar-refractivity contribution >= 4 is 0 Å². The zero-order valence-corrected chi connectivity index (χ0v) is 13.8. The summed E-state index contributed by atoms with van der Waals surface area (Å²) in [7, 11) is 0. The molecule has 0 aromatic rings. The van der Waals surface area contributed by atoms with Gasteiger partial charge in [0.25, 0.3) is 0 Å². The topological polar surface area (TPSA) is 95.9 Å². The molecule has 22 heavy (non-hydrogen) atoms. The van der Waals surface area contributed by atoms with Gasteiger partial charge >= 0.3 is 0 Å². The van der Waals surface area contributed by atoms with E-state index in [0.717, 1.165) is 32.2 Å². The van der Waals surface area contributed by atoms with Gasteiger partial charge in [0.05, 0.1) is 12.7 Å². The molecule has 5 heteroatoms. The highest BCUT2D eigenvalue weighted by Gasteiger charge is 2.36. The van der Waals surface area contributed by atoms with E-state index >= 15 is 0 Å². The molecule has 1 heterocycles. The van der Waals surface area contributed by atoms with Gasteiger partial charge in [0.2, 0.25) is 0 Å². The van der Waals surface area contributed by atoms with Crippen molar-refractivity contribution in [3.63, 3.8) is 0 Å². The fraction of sp³-hybridized carbons (Fsp3) is 1.00. The predicted molar refractivity (Wildman–Crippen MR) is 87.6 cm³/mol. The van der Waals surface area contributed by atoms with Crippen LogP contribution in [0.5, 0.6) is 0 Å². The highest BCUT2D eigenvalue weighted by atomic mass is 16.5. The summed E-state index contributed by atoms with van der Waals surface area (Å²) in [6, 6.07) is 0. The Morgan fingerprint density at radius 2 is 1.23 bits per heavy atom. The number of aliphatic hydroxyl groups excluding tert-OH is 3. The third kappa shape index (κ3) is 7.88. The van der Waals surface area contributed by atoms with Crippen LogP contribution < -0.4 is 5.73 Å². The lowest BCUT2D eigenvalue weighted by Gasteiger charge is -2.35. The minimum Gasteiger partial charge on any atom is -0.388 e. The predicted octanol–water partition coefficient (Wildman–Crippen LogP) is 1.72. The van der Waals surface area contributed by atoms with Gasteiger partial charge in [0, 0.05) is 0 Å². The summed E-state index contributed by atoms with van der Waals surface area (Å²) in [6.07, 6.45) is 9.72. The van der Waals surface area contributed by atoms with Crippen LogP contribution in [-0.4, -0.2) is 52.9 Å². The molecule has 5 N–H and O–H groups in total. The van der Waals surface area contributed by atoms with Crippen molar-refractivity contribution in [2.24, 2.45) is 5.73 Å². The molecule has 5 nitrogen and oxygen atoms in total. The van der Waals surface area contributed by atoms with Crippen LogP contribution in [0, 0.1) is 0 Å². The minimum atomic E-state index is -1.07. The van der Waals surface area contributed by atoms with Crippen LogP contribution in [0.4, 0.5) is 0 Å². The largest absolute Gasteiger partial charge is 0.388 e. The van der Waals surface area contributed by atoms with E-state index in [0.29, 0.717) is 0 Å². The van der Waals surface area contributed by atoms with Crippen LogP contribution in [-0.2, 0) is 4.74 Å². The molecule has 0 aliphatic carbocycles. The third-order valence-electron chi connectivity index (χ3n) is 4.55. The molecule has 1 saturated heterocycles. The molecule has 0 spiro atoms. The average molecular weight is 317 g/mol. The Bertz CT molecular complexity index is 265. The lowest BCUT2D eigenvalue weighted by atomic mass is 9.95. The highest BCUT2D eigenvalue weighted by molar-refractivity contribution is 4.86. The number of ether oxygens (including phenoxy) is 1. The second kappa shape index (κ2) is 12.3. The maximum absolute atomic E-state index is 9.83. The standard InChI is InChI=1S/C17H35NO4/c18-12-10-8-6-4-2-1-3-5-7-9-11-15-17(21)16(20)14(19)13-22-15/h14-17,19-21H,1-13,18H2/t14-,15?,16-,17+/m1/s1. The van der Waals surface area contributed by atoms with Crippen molar-refractivity contribution in [1.29, 1.82) is 0 Å². The quantitative estimate of drug-likeness (QED) is 0.411. The summed E-state index contributed by atoms with van der Waals surface area (Å²) < 4.78 is 5.40. The van der Waals surface area contributed by atoms with E-state index in [2.05, 4.69) is 0 Å². The zero-order valence-electron chi connectivity index (χ0n) is 13.8. The lowest BCUT2D eigenvalue weighted by molar-refractivity contribution is -0.188. The van der Waals surface area contributed by atoms with Crippen molar-refractivity contribution in [2.45, 2.75) is 95.0 Å². The minimum absolute atomic E-state index is 0.118. The Labute approximate surface area is 134 Å². The first-order valence-corrected chi connectivity index (χ1v) is 9.02. The van der Waals surface area contributed by atoms with Gasteiger partial charge in [-0.15, -0.1) is 0 Å². The van der Waals surface area contributed by atoms with Crippen LogP contribution in [0.1, 0.15) is 70.6 Å². The Balaban J connectivity index is 1.89. The van der Waals surface area contributed by atoms with E-state index in [1.54, 1.807) is 0 Å². The number of hydrogen-bond acceptors (Lipinski definition) is 5. The van der Waals surface area contributed by atoms with E-state index in [-0.39, 0.29) is 12.7 Å². The van der Waals surface area contributed by atoms with Gasteiger partial charge in [-0.2, -0.15) is 0 Å². The molecule has 1 rings (SSSR count). The molecule has 0 bridgehead atoms. The molecule has 132 valence electrons. The summed E-state index contributed by atoms with van der Waals surface area (Å²) in [5, 5.41) is 28.8. The van der Waals surface area contributed by atoms with Gasteiger partial charge < -0.3 is 25.8 Å². The number of nitrogens with two attached hydrogens (primary N) is 1. The van der Waals surface area contributed by atoms with E-state index in [1.807, 2.05) is 0 Å². The van der Waals surface area contributed by atoms with Gasteiger partial charge in [-0.3, -0.25) is 0 Å². The van der Waals surface area contributed by atoms with Crippen molar-refractivity contribution < 1.29 is 20.1 Å². The van der Waals surface area contributed by atoms with E-state index in [4.69, 9.17) is 10.5 Å². The second-order valence-corrected chi connectivity index (χ2v) is 6.53. The second-order valence-electron chi connectivity index (χ2n) is 6.53. The first-order chi connectivity index (χ1) is 10.7. The maximum Gasteiger partial charge on any atom is 0.111 e. The molecule has 0 aromatic heterocycles. The maximum atomic E-state index is 9.83. The smallest absolute Gasteiger partial charge is 0.111 e. The fourth-order valence-electron chi connectivity index (χ4n) is 3.03. The van der Waals surface area contributed by atoms with Crippen molar-refractivity contribution in [1.82, 2.24) is 0 Å². The normalized spacial score (nSPS) is 28.9. The molecule has 0 saturated carbocycles. The highest BCUT2D eigenvalue weighted by Crippen LogP contribution is 2.21. The fourth-order valence-corrected chi connectivity index (χ4v) is 3.03. The van der Waals surface area contributed by atoms with Gasteiger partial charge in [-0.1, -0.05) is 57.8 Å². The molecular formula is C17H35NO4. The molecular weight excluding hydrogens is 282 g/mol.